The predicted octanol–water partition coefficient (Wildman–Crippen LogP) is 5.79. The van der Waals surface area contributed by atoms with Gasteiger partial charge >= 0.3 is 12.4 Å². The van der Waals surface area contributed by atoms with Gasteiger partial charge in [0.1, 0.15) is 11.5 Å². The highest BCUT2D eigenvalue weighted by atomic mass is 19.4. The van der Waals surface area contributed by atoms with Crippen LogP contribution in [-0.2, 0) is 17.1 Å². The quantitative estimate of drug-likeness (QED) is 0.545. The standard InChI is InChI=1S/C20H16F7N3O/c1-18(2)6-11-14(12(31)7-18)13(9-5-8(21)3-4-10(9)19(22,23)24)15-16(20(25,26)27)29-30-17(15)28-11/h3-5,13H,6-7H2,1-2H3,(H2,28,29,30). The number of allylic oxidation sites excluding steroid dienone is 2. The first-order valence-electron chi connectivity index (χ1n) is 9.24. The molecule has 0 saturated carbocycles. The van der Waals surface area contributed by atoms with Gasteiger partial charge in [-0.05, 0) is 35.6 Å². The number of alkyl halides is 6. The van der Waals surface area contributed by atoms with E-state index >= 15 is 0 Å². The number of rotatable bonds is 1. The van der Waals surface area contributed by atoms with E-state index in [1.54, 1.807) is 13.8 Å². The molecule has 4 rings (SSSR count). The van der Waals surface area contributed by atoms with Crippen molar-refractivity contribution in [2.75, 3.05) is 5.32 Å². The first kappa shape index (κ1) is 21.4. The summed E-state index contributed by atoms with van der Waals surface area (Å²) in [6.07, 6.45) is -9.83. The number of ketones is 1. The molecule has 4 nitrogen and oxygen atoms in total. The van der Waals surface area contributed by atoms with Crippen LogP contribution in [-0.4, -0.2) is 16.0 Å². The number of halogens is 7. The molecule has 0 fully saturated rings. The maximum Gasteiger partial charge on any atom is 0.433 e. The Morgan fingerprint density at radius 3 is 2.35 bits per heavy atom. The summed E-state index contributed by atoms with van der Waals surface area (Å²) in [5.74, 6) is -3.77. The van der Waals surface area contributed by atoms with E-state index in [2.05, 4.69) is 10.4 Å². The number of carbonyl (C=O) groups excluding carboxylic acids is 1. The van der Waals surface area contributed by atoms with E-state index in [0.717, 1.165) is 0 Å². The van der Waals surface area contributed by atoms with Crippen molar-refractivity contribution >= 4 is 11.6 Å². The van der Waals surface area contributed by atoms with Crippen LogP contribution in [0.2, 0.25) is 0 Å². The van der Waals surface area contributed by atoms with Gasteiger partial charge < -0.3 is 5.32 Å². The lowest BCUT2D eigenvalue weighted by Gasteiger charge is -2.38. The van der Waals surface area contributed by atoms with Crippen LogP contribution in [0.1, 0.15) is 55.0 Å². The molecule has 1 aromatic heterocycles. The molecule has 2 heterocycles. The highest BCUT2D eigenvalue weighted by molar-refractivity contribution is 6.01. The SMILES string of the molecule is CC1(C)CC(=O)C2=C(C1)Nc1n[nH]c(C(F)(F)F)c1C2c1cc(F)ccc1C(F)(F)F. The van der Waals surface area contributed by atoms with Gasteiger partial charge in [0.25, 0.3) is 0 Å². The van der Waals surface area contributed by atoms with Gasteiger partial charge in [-0.15, -0.1) is 0 Å². The third-order valence-corrected chi connectivity index (χ3v) is 5.48. The number of hydrogen-bond acceptors (Lipinski definition) is 3. The number of benzene rings is 1. The van der Waals surface area contributed by atoms with Crippen LogP contribution in [0.5, 0.6) is 0 Å². The highest BCUT2D eigenvalue weighted by Gasteiger charge is 2.49. The third kappa shape index (κ3) is 3.59. The Morgan fingerprint density at radius 1 is 1.06 bits per heavy atom. The van der Waals surface area contributed by atoms with E-state index in [9.17, 15) is 35.5 Å². The maximum atomic E-state index is 14.0. The third-order valence-electron chi connectivity index (χ3n) is 5.48. The average molecular weight is 447 g/mol. The number of hydrogen-bond donors (Lipinski definition) is 2. The van der Waals surface area contributed by atoms with Gasteiger partial charge in [0, 0.05) is 29.2 Å². The molecule has 1 aromatic carbocycles. The summed E-state index contributed by atoms with van der Waals surface area (Å²) in [5.41, 5.74) is -4.72. The number of fused-ring (bicyclic) bond motifs is 1. The summed E-state index contributed by atoms with van der Waals surface area (Å²) < 4.78 is 96.2. The summed E-state index contributed by atoms with van der Waals surface area (Å²) in [5, 5.41) is 8.12. The molecule has 0 amide bonds. The molecule has 31 heavy (non-hydrogen) atoms. The summed E-state index contributed by atoms with van der Waals surface area (Å²) in [7, 11) is 0. The van der Waals surface area contributed by atoms with Gasteiger partial charge in [-0.2, -0.15) is 31.4 Å². The first-order valence-corrected chi connectivity index (χ1v) is 9.24. The van der Waals surface area contributed by atoms with Crippen molar-refractivity contribution in [2.24, 2.45) is 5.41 Å². The number of carbonyl (C=O) groups is 1. The smallest absolute Gasteiger partial charge is 0.342 e. The van der Waals surface area contributed by atoms with E-state index in [1.165, 1.54) is 0 Å². The van der Waals surface area contributed by atoms with Crippen LogP contribution < -0.4 is 5.32 Å². The molecule has 2 aromatic rings. The van der Waals surface area contributed by atoms with Crippen molar-refractivity contribution in [1.82, 2.24) is 10.2 Å². The molecule has 11 heteroatoms. The zero-order valence-corrected chi connectivity index (χ0v) is 16.2. The lowest BCUT2D eigenvalue weighted by Crippen LogP contribution is -2.35. The van der Waals surface area contributed by atoms with Crippen LogP contribution >= 0.6 is 0 Å². The van der Waals surface area contributed by atoms with E-state index in [4.69, 9.17) is 0 Å². The van der Waals surface area contributed by atoms with Gasteiger partial charge in [0.15, 0.2) is 11.6 Å². The number of nitrogens with one attached hydrogen (secondary N) is 2. The molecule has 1 aliphatic heterocycles. The number of aromatic nitrogens is 2. The van der Waals surface area contributed by atoms with Crippen molar-refractivity contribution in [1.29, 1.82) is 0 Å². The van der Waals surface area contributed by atoms with Crippen molar-refractivity contribution in [3.05, 3.63) is 57.7 Å². The fourth-order valence-electron chi connectivity index (χ4n) is 4.35. The Hall–Kier alpha value is -2.85. The lowest BCUT2D eigenvalue weighted by atomic mass is 9.68. The number of Topliss-reactive ketones (excluding diaryl/α,β-unsaturated/α-hetero) is 1. The molecule has 1 atom stereocenters. The largest absolute Gasteiger partial charge is 0.433 e. The minimum absolute atomic E-state index is 0.0742. The Balaban J connectivity index is 2.06. The second kappa shape index (κ2) is 6.57. The van der Waals surface area contributed by atoms with Crippen molar-refractivity contribution in [3.63, 3.8) is 0 Å². The number of nitrogens with zero attached hydrogens (tertiary/aromatic N) is 1. The Morgan fingerprint density at radius 2 is 1.74 bits per heavy atom. The highest BCUT2D eigenvalue weighted by Crippen LogP contribution is 2.53. The second-order valence-corrected chi connectivity index (χ2v) is 8.48. The zero-order valence-electron chi connectivity index (χ0n) is 16.2. The zero-order chi connectivity index (χ0) is 22.9. The molecule has 0 bridgehead atoms. The Bertz CT molecular complexity index is 1110. The normalized spacial score (nSPS) is 20.9. The van der Waals surface area contributed by atoms with Gasteiger partial charge in [0.2, 0.25) is 0 Å². The Kier molecular flexibility index (Phi) is 4.53. The summed E-state index contributed by atoms with van der Waals surface area (Å²) in [6.45, 7) is 3.52. The van der Waals surface area contributed by atoms with E-state index < -0.39 is 57.7 Å². The van der Waals surface area contributed by atoms with Crippen LogP contribution in [0.25, 0.3) is 0 Å². The van der Waals surface area contributed by atoms with Crippen LogP contribution in [0, 0.1) is 11.2 Å². The maximum absolute atomic E-state index is 14.0. The van der Waals surface area contributed by atoms with Gasteiger partial charge in [0.05, 0.1) is 5.56 Å². The van der Waals surface area contributed by atoms with E-state index in [-0.39, 0.29) is 29.9 Å². The Labute approximate surface area is 171 Å². The van der Waals surface area contributed by atoms with Gasteiger partial charge in [-0.25, -0.2) is 4.39 Å². The van der Waals surface area contributed by atoms with Crippen molar-refractivity contribution in [2.45, 2.75) is 45.0 Å². The number of anilines is 1. The van der Waals surface area contributed by atoms with Gasteiger partial charge in [-0.3, -0.25) is 9.89 Å². The fraction of sp³-hybridized carbons (Fsp3) is 0.400. The molecule has 0 saturated heterocycles. The van der Waals surface area contributed by atoms with Crippen molar-refractivity contribution < 1.29 is 35.5 Å². The predicted molar refractivity (Wildman–Crippen MR) is 95.5 cm³/mol. The topological polar surface area (TPSA) is 57.8 Å². The molecular formula is C20H16F7N3O. The molecule has 0 radical (unpaired) electrons. The minimum Gasteiger partial charge on any atom is -0.342 e. The monoisotopic (exact) mass is 447 g/mol. The van der Waals surface area contributed by atoms with Crippen LogP contribution in [0.4, 0.5) is 36.6 Å². The summed E-state index contributed by atoms with van der Waals surface area (Å²) in [4.78, 5) is 13.0. The van der Waals surface area contributed by atoms with Crippen LogP contribution in [0.15, 0.2) is 29.5 Å². The number of aromatic amines is 1. The molecule has 1 unspecified atom stereocenters. The molecule has 2 aliphatic rings. The summed E-state index contributed by atoms with van der Waals surface area (Å²) >= 11 is 0. The van der Waals surface area contributed by atoms with E-state index in [1.807, 2.05) is 5.10 Å². The first-order chi connectivity index (χ1) is 14.2. The molecular weight excluding hydrogens is 431 g/mol. The fourth-order valence-corrected chi connectivity index (χ4v) is 4.35. The average Bonchev–Trinajstić information content (AvgIpc) is 3.01. The molecule has 0 spiro atoms. The van der Waals surface area contributed by atoms with Crippen LogP contribution in [0.3, 0.4) is 0 Å². The number of H-pyrrole nitrogens is 1. The van der Waals surface area contributed by atoms with E-state index in [0.29, 0.717) is 18.2 Å². The molecule has 1 aliphatic carbocycles. The second-order valence-electron chi connectivity index (χ2n) is 8.48. The van der Waals surface area contributed by atoms with Gasteiger partial charge in [-0.1, -0.05) is 13.8 Å². The lowest BCUT2D eigenvalue weighted by molar-refractivity contribution is -0.142. The molecule has 2 N–H and O–H groups in total. The minimum atomic E-state index is -4.98. The summed E-state index contributed by atoms with van der Waals surface area (Å²) in [6, 6.07) is 1.58. The van der Waals surface area contributed by atoms with Crippen molar-refractivity contribution in [3.8, 4) is 0 Å². The molecule has 166 valence electrons.